The van der Waals surface area contributed by atoms with Crippen LogP contribution in [0.4, 0.5) is 0 Å². The molecule has 0 aliphatic rings. The van der Waals surface area contributed by atoms with Gasteiger partial charge >= 0.3 is 0 Å². The SMILES string of the molecule is CC(=O)CNCc1cccc2ccccc12. The number of ketones is 1. The van der Waals surface area contributed by atoms with Crippen molar-refractivity contribution in [3.05, 3.63) is 48.0 Å². The van der Waals surface area contributed by atoms with E-state index in [2.05, 4.69) is 29.6 Å². The van der Waals surface area contributed by atoms with Crippen LogP contribution in [0.2, 0.25) is 0 Å². The van der Waals surface area contributed by atoms with Crippen LogP contribution < -0.4 is 5.32 Å². The van der Waals surface area contributed by atoms with E-state index in [1.54, 1.807) is 6.92 Å². The number of hydrogen-bond acceptors (Lipinski definition) is 2. The van der Waals surface area contributed by atoms with Gasteiger partial charge in [0.15, 0.2) is 0 Å². The van der Waals surface area contributed by atoms with Crippen LogP contribution in [0.25, 0.3) is 10.8 Å². The summed E-state index contributed by atoms with van der Waals surface area (Å²) in [6.07, 6.45) is 0. The van der Waals surface area contributed by atoms with Gasteiger partial charge in [-0.05, 0) is 23.3 Å². The van der Waals surface area contributed by atoms with Gasteiger partial charge in [0.25, 0.3) is 0 Å². The van der Waals surface area contributed by atoms with E-state index in [4.69, 9.17) is 0 Å². The second-order valence-corrected chi connectivity index (χ2v) is 3.94. The number of nitrogens with one attached hydrogen (secondary N) is 1. The number of benzene rings is 2. The van der Waals surface area contributed by atoms with Crippen molar-refractivity contribution in [3.8, 4) is 0 Å². The first kappa shape index (κ1) is 10.8. The smallest absolute Gasteiger partial charge is 0.143 e. The Morgan fingerprint density at radius 2 is 1.88 bits per heavy atom. The Bertz CT molecular complexity index is 500. The topological polar surface area (TPSA) is 29.1 Å². The summed E-state index contributed by atoms with van der Waals surface area (Å²) in [5, 5.41) is 5.64. The molecular formula is C14H15NO. The first-order valence-corrected chi connectivity index (χ1v) is 5.44. The van der Waals surface area contributed by atoms with Gasteiger partial charge in [-0.25, -0.2) is 0 Å². The molecule has 0 radical (unpaired) electrons. The molecule has 2 aromatic rings. The van der Waals surface area contributed by atoms with E-state index >= 15 is 0 Å². The average molecular weight is 213 g/mol. The van der Waals surface area contributed by atoms with Crippen LogP contribution in [0.3, 0.4) is 0 Å². The molecule has 16 heavy (non-hydrogen) atoms. The molecule has 0 bridgehead atoms. The summed E-state index contributed by atoms with van der Waals surface area (Å²) in [5.41, 5.74) is 1.24. The van der Waals surface area contributed by atoms with Gasteiger partial charge in [-0.2, -0.15) is 0 Å². The maximum atomic E-state index is 10.8. The fourth-order valence-electron chi connectivity index (χ4n) is 1.82. The summed E-state index contributed by atoms with van der Waals surface area (Å²) in [6, 6.07) is 14.5. The molecule has 0 aliphatic heterocycles. The highest BCUT2D eigenvalue weighted by Crippen LogP contribution is 2.17. The Morgan fingerprint density at radius 3 is 2.69 bits per heavy atom. The molecule has 0 heterocycles. The molecule has 0 unspecified atom stereocenters. The Morgan fingerprint density at radius 1 is 1.12 bits per heavy atom. The van der Waals surface area contributed by atoms with Crippen LogP contribution in [-0.2, 0) is 11.3 Å². The minimum atomic E-state index is 0.167. The van der Waals surface area contributed by atoms with E-state index in [1.165, 1.54) is 16.3 Å². The van der Waals surface area contributed by atoms with Gasteiger partial charge in [0.05, 0.1) is 6.54 Å². The third kappa shape index (κ3) is 2.47. The van der Waals surface area contributed by atoms with Gasteiger partial charge < -0.3 is 5.32 Å². The van der Waals surface area contributed by atoms with Crippen molar-refractivity contribution >= 4 is 16.6 Å². The maximum absolute atomic E-state index is 10.8. The lowest BCUT2D eigenvalue weighted by Crippen LogP contribution is -2.20. The van der Waals surface area contributed by atoms with Gasteiger partial charge in [0, 0.05) is 6.54 Å². The fraction of sp³-hybridized carbons (Fsp3) is 0.214. The van der Waals surface area contributed by atoms with Gasteiger partial charge in [0.1, 0.15) is 5.78 Å². The summed E-state index contributed by atoms with van der Waals surface area (Å²) < 4.78 is 0. The third-order valence-corrected chi connectivity index (χ3v) is 2.57. The van der Waals surface area contributed by atoms with E-state index in [1.807, 2.05) is 18.2 Å². The highest BCUT2D eigenvalue weighted by Gasteiger charge is 1.99. The molecule has 2 nitrogen and oxygen atoms in total. The standard InChI is InChI=1S/C14H15NO/c1-11(16)9-15-10-13-7-4-6-12-5-2-3-8-14(12)13/h2-8,15H,9-10H2,1H3. The fourth-order valence-corrected chi connectivity index (χ4v) is 1.82. The predicted octanol–water partition coefficient (Wildman–Crippen LogP) is 2.52. The summed E-state index contributed by atoms with van der Waals surface area (Å²) >= 11 is 0. The van der Waals surface area contributed by atoms with Gasteiger partial charge in [-0.3, -0.25) is 4.79 Å². The lowest BCUT2D eigenvalue weighted by atomic mass is 10.0. The summed E-state index contributed by atoms with van der Waals surface area (Å²) in [6.45, 7) is 2.76. The molecule has 2 rings (SSSR count). The zero-order valence-electron chi connectivity index (χ0n) is 9.36. The lowest BCUT2D eigenvalue weighted by Gasteiger charge is -2.06. The number of carbonyl (C=O) groups is 1. The first-order chi connectivity index (χ1) is 7.77. The Kier molecular flexibility index (Phi) is 3.32. The minimum Gasteiger partial charge on any atom is -0.306 e. The van der Waals surface area contributed by atoms with Crippen molar-refractivity contribution in [2.45, 2.75) is 13.5 Å². The van der Waals surface area contributed by atoms with Crippen LogP contribution in [0.15, 0.2) is 42.5 Å². The van der Waals surface area contributed by atoms with E-state index < -0.39 is 0 Å². The predicted molar refractivity (Wildman–Crippen MR) is 66.3 cm³/mol. The second kappa shape index (κ2) is 4.90. The van der Waals surface area contributed by atoms with E-state index in [-0.39, 0.29) is 5.78 Å². The molecule has 82 valence electrons. The van der Waals surface area contributed by atoms with Gasteiger partial charge in [-0.15, -0.1) is 0 Å². The molecular weight excluding hydrogens is 198 g/mol. The minimum absolute atomic E-state index is 0.167. The number of fused-ring (bicyclic) bond motifs is 1. The van der Waals surface area contributed by atoms with Crippen molar-refractivity contribution in [2.24, 2.45) is 0 Å². The highest BCUT2D eigenvalue weighted by atomic mass is 16.1. The van der Waals surface area contributed by atoms with Crippen molar-refractivity contribution < 1.29 is 4.79 Å². The third-order valence-electron chi connectivity index (χ3n) is 2.57. The quantitative estimate of drug-likeness (QED) is 0.845. The maximum Gasteiger partial charge on any atom is 0.143 e. The Balaban J connectivity index is 2.20. The van der Waals surface area contributed by atoms with E-state index in [0.29, 0.717) is 6.54 Å². The second-order valence-electron chi connectivity index (χ2n) is 3.94. The van der Waals surface area contributed by atoms with Crippen LogP contribution in [-0.4, -0.2) is 12.3 Å². The van der Waals surface area contributed by atoms with E-state index in [0.717, 1.165) is 6.54 Å². The van der Waals surface area contributed by atoms with Crippen molar-refractivity contribution in [1.82, 2.24) is 5.32 Å². The molecule has 0 fully saturated rings. The molecule has 0 aliphatic carbocycles. The van der Waals surface area contributed by atoms with Gasteiger partial charge in [0.2, 0.25) is 0 Å². The molecule has 0 saturated carbocycles. The van der Waals surface area contributed by atoms with Crippen LogP contribution >= 0.6 is 0 Å². The molecule has 0 amide bonds. The monoisotopic (exact) mass is 213 g/mol. The zero-order chi connectivity index (χ0) is 11.4. The van der Waals surface area contributed by atoms with Crippen LogP contribution in [0.1, 0.15) is 12.5 Å². The Labute approximate surface area is 95.3 Å². The molecule has 0 spiro atoms. The number of rotatable bonds is 4. The number of carbonyl (C=O) groups excluding carboxylic acids is 1. The summed E-state index contributed by atoms with van der Waals surface area (Å²) in [7, 11) is 0. The van der Waals surface area contributed by atoms with Gasteiger partial charge in [-0.1, -0.05) is 42.5 Å². The van der Waals surface area contributed by atoms with Crippen LogP contribution in [0.5, 0.6) is 0 Å². The highest BCUT2D eigenvalue weighted by molar-refractivity contribution is 5.85. The van der Waals surface area contributed by atoms with Crippen LogP contribution in [0, 0.1) is 0 Å². The molecule has 0 saturated heterocycles. The molecule has 0 aromatic heterocycles. The van der Waals surface area contributed by atoms with Crippen molar-refractivity contribution in [2.75, 3.05) is 6.54 Å². The number of Topliss-reactive ketones (excluding diaryl/α,β-unsaturated/α-hetero) is 1. The average Bonchev–Trinajstić information content (AvgIpc) is 2.29. The zero-order valence-corrected chi connectivity index (χ0v) is 9.36. The molecule has 2 aromatic carbocycles. The summed E-state index contributed by atoms with van der Waals surface area (Å²) in [5.74, 6) is 0.167. The first-order valence-electron chi connectivity index (χ1n) is 5.44. The molecule has 2 heteroatoms. The molecule has 0 atom stereocenters. The normalized spacial score (nSPS) is 10.6. The Hall–Kier alpha value is -1.67. The largest absolute Gasteiger partial charge is 0.306 e. The summed E-state index contributed by atoms with van der Waals surface area (Å²) in [4.78, 5) is 10.8. The van der Waals surface area contributed by atoms with Crippen molar-refractivity contribution in [3.63, 3.8) is 0 Å². The van der Waals surface area contributed by atoms with E-state index in [9.17, 15) is 4.79 Å². The van der Waals surface area contributed by atoms with Crippen molar-refractivity contribution in [1.29, 1.82) is 0 Å². The number of hydrogen-bond donors (Lipinski definition) is 1. The molecule has 1 N–H and O–H groups in total. The lowest BCUT2D eigenvalue weighted by molar-refractivity contribution is -0.116.